The standard InChI is InChI=1S/C57H37N3.C54H34N4/c1-3-16-40(17-4-1)46-21-9-12-24-52(46)60-54-26-14-11-23-49(54)56-55(60)34-33-48-47-22-10-13-25-53(47)59(57(48)56)45-31-29-39(30-32-45)44-36-50(41-18-5-2-6-19-41)58-51(37-44)43-28-27-38-15-7-8-20-42(38)35-43;1-2-16-37(17-3-1)46-34-47(42-24-12-18-35-14-4-6-20-40(35)42)56-54(55-46)38-28-30-39(31-29-38)57-49-25-10-8-22-43(49)44-32-33-51-52(53(44)57)45-23-9-11-26-50(45)58(51)48-27-13-19-36-15-5-7-21-41(36)48/h1-37H;1-34H. The molecule has 0 unspecified atom stereocenters. The van der Waals surface area contributed by atoms with Crippen molar-refractivity contribution in [1.82, 2.24) is 33.2 Å². The minimum absolute atomic E-state index is 0.693. The van der Waals surface area contributed by atoms with E-state index in [9.17, 15) is 0 Å². The summed E-state index contributed by atoms with van der Waals surface area (Å²) in [5.41, 5.74) is 27.7. The Morgan fingerprint density at radius 1 is 0.169 bits per heavy atom. The van der Waals surface area contributed by atoms with Crippen molar-refractivity contribution < 1.29 is 0 Å². The Morgan fingerprint density at radius 3 is 1.16 bits per heavy atom. The first-order chi connectivity index (χ1) is 58.5. The lowest BCUT2D eigenvalue weighted by Crippen LogP contribution is -1.98. The number of rotatable bonds is 11. The predicted molar refractivity (Wildman–Crippen MR) is 494 cm³/mol. The van der Waals surface area contributed by atoms with E-state index >= 15 is 0 Å². The number of pyridine rings is 1. The number of benzene rings is 18. The van der Waals surface area contributed by atoms with Gasteiger partial charge in [0.05, 0.1) is 78.3 Å². The van der Waals surface area contributed by atoms with Gasteiger partial charge in [-0.05, 0) is 153 Å². The van der Waals surface area contributed by atoms with E-state index in [4.69, 9.17) is 15.0 Å². The average molecular weight is 1500 g/mol. The van der Waals surface area contributed by atoms with Gasteiger partial charge in [-0.15, -0.1) is 0 Å². The molecule has 6 heterocycles. The van der Waals surface area contributed by atoms with Crippen LogP contribution in [0.1, 0.15) is 0 Å². The smallest absolute Gasteiger partial charge is 0.160 e. The van der Waals surface area contributed by atoms with Gasteiger partial charge >= 0.3 is 0 Å². The van der Waals surface area contributed by atoms with Gasteiger partial charge in [-0.1, -0.05) is 322 Å². The van der Waals surface area contributed by atoms with E-state index < -0.39 is 0 Å². The van der Waals surface area contributed by atoms with Crippen molar-refractivity contribution in [2.75, 3.05) is 0 Å². The fourth-order valence-electron chi connectivity index (χ4n) is 18.4. The highest BCUT2D eigenvalue weighted by Crippen LogP contribution is 2.47. The predicted octanol–water partition coefficient (Wildman–Crippen LogP) is 29.1. The Morgan fingerprint density at radius 2 is 0.568 bits per heavy atom. The molecule has 18 aromatic carbocycles. The summed E-state index contributed by atoms with van der Waals surface area (Å²) in [6.45, 7) is 0. The molecule has 24 rings (SSSR count). The molecule has 6 aromatic heterocycles. The van der Waals surface area contributed by atoms with Gasteiger partial charge in [0.15, 0.2) is 5.82 Å². The molecule has 0 N–H and O–H groups in total. The summed E-state index contributed by atoms with van der Waals surface area (Å²) in [4.78, 5) is 15.7. The van der Waals surface area contributed by atoms with Gasteiger partial charge in [0.25, 0.3) is 0 Å². The number of fused-ring (bicyclic) bond motifs is 17. The maximum absolute atomic E-state index is 5.25. The Labute approximate surface area is 680 Å². The van der Waals surface area contributed by atoms with Crippen LogP contribution in [0.3, 0.4) is 0 Å². The lowest BCUT2D eigenvalue weighted by atomic mass is 9.98. The summed E-state index contributed by atoms with van der Waals surface area (Å²) in [5, 5.41) is 17.1. The zero-order valence-electron chi connectivity index (χ0n) is 64.1. The fourth-order valence-corrected chi connectivity index (χ4v) is 18.4. The molecule has 0 amide bonds. The summed E-state index contributed by atoms with van der Waals surface area (Å²) >= 11 is 0. The van der Waals surface area contributed by atoms with Crippen LogP contribution in [0.25, 0.3) is 221 Å². The molecule has 0 aliphatic heterocycles. The van der Waals surface area contributed by atoms with Crippen molar-refractivity contribution in [2.45, 2.75) is 0 Å². The second-order valence-corrected chi connectivity index (χ2v) is 30.5. The lowest BCUT2D eigenvalue weighted by molar-refractivity contribution is 1.17. The minimum atomic E-state index is 0.693. The van der Waals surface area contributed by atoms with E-state index in [0.29, 0.717) is 5.82 Å². The summed E-state index contributed by atoms with van der Waals surface area (Å²) in [6.07, 6.45) is 0. The van der Waals surface area contributed by atoms with Gasteiger partial charge in [0.1, 0.15) is 0 Å². The van der Waals surface area contributed by atoms with E-state index in [1.807, 2.05) is 6.07 Å². The van der Waals surface area contributed by atoms with Crippen molar-refractivity contribution in [3.8, 4) is 101 Å². The van der Waals surface area contributed by atoms with Crippen molar-refractivity contribution in [3.63, 3.8) is 0 Å². The first kappa shape index (κ1) is 67.8. The third kappa shape index (κ3) is 11.3. The highest BCUT2D eigenvalue weighted by atomic mass is 15.0. The quantitative estimate of drug-likeness (QED) is 0.130. The van der Waals surface area contributed by atoms with E-state index in [2.05, 4.69) is 443 Å². The van der Waals surface area contributed by atoms with Crippen molar-refractivity contribution in [3.05, 3.63) is 431 Å². The Kier molecular flexibility index (Phi) is 16.1. The van der Waals surface area contributed by atoms with E-state index in [1.54, 1.807) is 0 Å². The second-order valence-electron chi connectivity index (χ2n) is 30.5. The zero-order chi connectivity index (χ0) is 77.7. The van der Waals surface area contributed by atoms with E-state index in [0.717, 1.165) is 78.8 Å². The number of para-hydroxylation sites is 5. The van der Waals surface area contributed by atoms with Gasteiger partial charge in [-0.2, -0.15) is 0 Å². The number of nitrogens with zero attached hydrogens (tertiary/aromatic N) is 7. The van der Waals surface area contributed by atoms with Gasteiger partial charge in [-0.25, -0.2) is 15.0 Å². The summed E-state index contributed by atoms with van der Waals surface area (Å²) < 4.78 is 9.82. The molecule has 118 heavy (non-hydrogen) atoms. The first-order valence-electron chi connectivity index (χ1n) is 40.3. The second kappa shape index (κ2) is 28.1. The van der Waals surface area contributed by atoms with Crippen molar-refractivity contribution in [2.24, 2.45) is 0 Å². The molecule has 7 nitrogen and oxygen atoms in total. The van der Waals surface area contributed by atoms with Crippen LogP contribution in [-0.2, 0) is 0 Å². The monoisotopic (exact) mass is 1500 g/mol. The normalized spacial score (nSPS) is 11.7. The van der Waals surface area contributed by atoms with Crippen LogP contribution in [0, 0.1) is 0 Å². The molecule has 0 spiro atoms. The summed E-state index contributed by atoms with van der Waals surface area (Å²) in [7, 11) is 0. The van der Waals surface area contributed by atoms with Crippen molar-refractivity contribution in [1.29, 1.82) is 0 Å². The average Bonchev–Trinajstić information content (AvgIpc) is 1.55. The van der Waals surface area contributed by atoms with Crippen LogP contribution in [0.5, 0.6) is 0 Å². The lowest BCUT2D eigenvalue weighted by Gasteiger charge is -2.14. The molecule has 0 fully saturated rings. The molecule has 24 aromatic rings. The largest absolute Gasteiger partial charge is 0.309 e. The van der Waals surface area contributed by atoms with Gasteiger partial charge in [-0.3, -0.25) is 0 Å². The molecule has 0 aliphatic rings. The van der Waals surface area contributed by atoms with Gasteiger partial charge in [0, 0.05) is 93.2 Å². The molecule has 550 valence electrons. The Balaban J connectivity index is 0.000000138. The number of aromatic nitrogens is 7. The molecular weight excluding hydrogens is 1430 g/mol. The minimum Gasteiger partial charge on any atom is -0.309 e. The summed E-state index contributed by atoms with van der Waals surface area (Å²) in [5.74, 6) is 0.693. The number of hydrogen-bond acceptors (Lipinski definition) is 3. The summed E-state index contributed by atoms with van der Waals surface area (Å²) in [6, 6.07) is 155. The zero-order valence-corrected chi connectivity index (χ0v) is 64.1. The van der Waals surface area contributed by atoms with Gasteiger partial charge in [0.2, 0.25) is 0 Å². The molecular formula is C111H71N7. The van der Waals surface area contributed by atoms with Crippen LogP contribution >= 0.6 is 0 Å². The van der Waals surface area contributed by atoms with E-state index in [-0.39, 0.29) is 0 Å². The maximum Gasteiger partial charge on any atom is 0.160 e. The molecule has 0 radical (unpaired) electrons. The maximum atomic E-state index is 5.25. The van der Waals surface area contributed by atoms with E-state index in [1.165, 1.54) is 136 Å². The third-order valence-electron chi connectivity index (χ3n) is 23.8. The van der Waals surface area contributed by atoms with Gasteiger partial charge < -0.3 is 18.3 Å². The highest BCUT2D eigenvalue weighted by molar-refractivity contribution is 6.28. The highest BCUT2D eigenvalue weighted by Gasteiger charge is 2.26. The Hall–Kier alpha value is -15.8. The van der Waals surface area contributed by atoms with Crippen molar-refractivity contribution >= 4 is 120 Å². The fraction of sp³-hybridized carbons (Fsp3) is 0. The Bertz CT molecular complexity index is 8080. The molecule has 7 heteroatoms. The molecule has 0 saturated heterocycles. The molecule has 0 aliphatic carbocycles. The SMILES string of the molecule is c1ccc(-c2cc(-c3ccc(-n4c5ccccc5c5ccc6c(c7ccccc7n6-c6ccccc6-c6ccccc6)c54)cc3)cc(-c3ccc4ccccc4c3)n2)cc1.c1ccc(-c2cc(-c3cccc4ccccc34)nc(-c3ccc(-n4c5ccccc5c5ccc6c(c7ccccc7n6-c6cccc7ccccc67)c54)cc3)n2)cc1. The van der Waals surface area contributed by atoms with Crippen LogP contribution < -0.4 is 0 Å². The molecule has 0 saturated carbocycles. The first-order valence-corrected chi connectivity index (χ1v) is 40.3. The number of hydrogen-bond donors (Lipinski definition) is 0. The van der Waals surface area contributed by atoms with Crippen LogP contribution in [0.2, 0.25) is 0 Å². The third-order valence-corrected chi connectivity index (χ3v) is 23.8. The molecule has 0 atom stereocenters. The van der Waals surface area contributed by atoms with Crippen LogP contribution in [0.4, 0.5) is 0 Å². The van der Waals surface area contributed by atoms with Crippen LogP contribution in [-0.4, -0.2) is 33.2 Å². The molecule has 0 bridgehead atoms. The topological polar surface area (TPSA) is 58.4 Å². The van der Waals surface area contributed by atoms with Crippen LogP contribution in [0.15, 0.2) is 431 Å².